The summed E-state index contributed by atoms with van der Waals surface area (Å²) >= 11 is 1.47. The van der Waals surface area contributed by atoms with Crippen molar-refractivity contribution in [1.29, 1.82) is 0 Å². The van der Waals surface area contributed by atoms with Gasteiger partial charge in [0.05, 0.1) is 0 Å². The first-order chi connectivity index (χ1) is 9.11. The van der Waals surface area contributed by atoms with Crippen molar-refractivity contribution >= 4 is 17.3 Å². The zero-order chi connectivity index (χ0) is 13.8. The Morgan fingerprint density at radius 1 is 1.26 bits per heavy atom. The molecule has 0 bridgehead atoms. The third-order valence-electron chi connectivity index (χ3n) is 2.80. The fraction of sp³-hybridized carbons (Fsp3) is 0.188. The van der Waals surface area contributed by atoms with Crippen molar-refractivity contribution in [2.45, 2.75) is 19.8 Å². The Hall–Kier alpha value is -1.87. The highest BCUT2D eigenvalue weighted by atomic mass is 32.1. The van der Waals surface area contributed by atoms with Crippen LogP contribution < -0.4 is 4.74 Å². The zero-order valence-corrected chi connectivity index (χ0v) is 11.9. The van der Waals surface area contributed by atoms with E-state index in [1.165, 1.54) is 28.5 Å². The molecule has 0 aliphatic heterocycles. The molecule has 0 aliphatic rings. The van der Waals surface area contributed by atoms with Crippen LogP contribution in [0.25, 0.3) is 10.4 Å². The maximum absolute atomic E-state index is 11.2. The Bertz CT molecular complexity index is 596. The molecule has 0 saturated heterocycles. The van der Waals surface area contributed by atoms with Gasteiger partial charge in [-0.2, -0.15) is 0 Å². The van der Waals surface area contributed by atoms with Gasteiger partial charge in [0.25, 0.3) is 0 Å². The molecule has 0 saturated carbocycles. The second-order valence-electron chi connectivity index (χ2n) is 4.49. The van der Waals surface area contributed by atoms with E-state index < -0.39 is 5.97 Å². The number of thiophene rings is 1. The van der Waals surface area contributed by atoms with Crippen molar-refractivity contribution in [1.82, 2.24) is 0 Å². The molecule has 2 rings (SSSR count). The van der Waals surface area contributed by atoms with Gasteiger partial charge in [-0.1, -0.05) is 56.0 Å². The van der Waals surface area contributed by atoms with E-state index in [0.717, 1.165) is 4.88 Å². The lowest BCUT2D eigenvalue weighted by Gasteiger charge is -2.10. The number of hydrogen-bond acceptors (Lipinski definition) is 3. The summed E-state index contributed by atoms with van der Waals surface area (Å²) in [4.78, 5) is 12.3. The molecule has 0 unspecified atom stereocenters. The molecule has 0 radical (unpaired) electrons. The molecule has 1 aromatic heterocycles. The normalized spacial score (nSPS) is 10.5. The lowest BCUT2D eigenvalue weighted by atomic mass is 9.96. The molecule has 3 heteroatoms. The molecule has 1 heterocycles. The Morgan fingerprint density at radius 2 is 2.00 bits per heavy atom. The highest BCUT2D eigenvalue weighted by molar-refractivity contribution is 7.17. The molecule has 0 spiro atoms. The van der Waals surface area contributed by atoms with Crippen molar-refractivity contribution in [3.05, 3.63) is 54.6 Å². The van der Waals surface area contributed by atoms with Crippen LogP contribution in [-0.2, 0) is 4.79 Å². The fourth-order valence-corrected chi connectivity index (χ4v) is 2.79. The van der Waals surface area contributed by atoms with Crippen LogP contribution in [0.15, 0.2) is 49.1 Å². The summed E-state index contributed by atoms with van der Waals surface area (Å²) in [5.74, 6) is 0.0306. The van der Waals surface area contributed by atoms with E-state index in [9.17, 15) is 4.79 Å². The first-order valence-corrected chi connectivity index (χ1v) is 6.97. The summed E-state index contributed by atoms with van der Waals surface area (Å²) in [6.07, 6.45) is 1.17. The largest absolute Gasteiger partial charge is 0.412 e. The number of carbonyl (C=O) groups is 1. The molecule has 0 N–H and O–H groups in total. The predicted octanol–water partition coefficient (Wildman–Crippen LogP) is 4.63. The lowest BCUT2D eigenvalue weighted by Crippen LogP contribution is -2.00. The van der Waals surface area contributed by atoms with E-state index in [4.69, 9.17) is 4.74 Å². The van der Waals surface area contributed by atoms with Crippen molar-refractivity contribution in [2.75, 3.05) is 0 Å². The third-order valence-corrected chi connectivity index (χ3v) is 3.79. The van der Waals surface area contributed by atoms with Crippen LogP contribution in [-0.4, -0.2) is 5.97 Å². The minimum absolute atomic E-state index is 0.425. The first-order valence-electron chi connectivity index (χ1n) is 6.15. The summed E-state index contributed by atoms with van der Waals surface area (Å²) in [5.41, 5.74) is 2.49. The summed E-state index contributed by atoms with van der Waals surface area (Å²) in [6.45, 7) is 7.73. The van der Waals surface area contributed by atoms with Gasteiger partial charge >= 0.3 is 5.97 Å². The van der Waals surface area contributed by atoms with Crippen LogP contribution >= 0.6 is 11.3 Å². The molecule has 1 aromatic carbocycles. The highest BCUT2D eigenvalue weighted by Gasteiger charge is 2.11. The topological polar surface area (TPSA) is 26.3 Å². The standard InChI is InChI=1S/C16H16O2S/c1-4-15(17)18-16-10-9-14(19-16)13-8-6-5-7-12(13)11(2)3/h4-11H,1H2,2-3H3. The van der Waals surface area contributed by atoms with Crippen molar-refractivity contribution in [2.24, 2.45) is 0 Å². The molecular formula is C16H16O2S. The van der Waals surface area contributed by atoms with Gasteiger partial charge in [0.1, 0.15) is 0 Å². The van der Waals surface area contributed by atoms with E-state index in [-0.39, 0.29) is 0 Å². The van der Waals surface area contributed by atoms with Gasteiger partial charge in [0.2, 0.25) is 0 Å². The zero-order valence-electron chi connectivity index (χ0n) is 11.1. The average Bonchev–Trinajstić information content (AvgIpc) is 2.86. The van der Waals surface area contributed by atoms with Crippen molar-refractivity contribution in [3.63, 3.8) is 0 Å². The lowest BCUT2D eigenvalue weighted by molar-refractivity contribution is -0.128. The van der Waals surface area contributed by atoms with Crippen LogP contribution in [0, 0.1) is 0 Å². The van der Waals surface area contributed by atoms with E-state index in [1.807, 2.05) is 24.3 Å². The third kappa shape index (κ3) is 3.12. The first kappa shape index (κ1) is 13.6. The average molecular weight is 272 g/mol. The Balaban J connectivity index is 2.33. The van der Waals surface area contributed by atoms with Crippen molar-refractivity contribution < 1.29 is 9.53 Å². The van der Waals surface area contributed by atoms with Gasteiger partial charge in [0, 0.05) is 11.0 Å². The van der Waals surface area contributed by atoms with Gasteiger partial charge in [-0.25, -0.2) is 4.79 Å². The number of esters is 1. The summed E-state index contributed by atoms with van der Waals surface area (Å²) in [5, 5.41) is 0.596. The molecular weight excluding hydrogens is 256 g/mol. The quantitative estimate of drug-likeness (QED) is 0.599. The second kappa shape index (κ2) is 5.85. The molecule has 19 heavy (non-hydrogen) atoms. The van der Waals surface area contributed by atoms with Crippen LogP contribution in [0.5, 0.6) is 5.06 Å². The summed E-state index contributed by atoms with van der Waals surface area (Å²) in [7, 11) is 0. The van der Waals surface area contributed by atoms with Crippen LogP contribution in [0.1, 0.15) is 25.3 Å². The monoisotopic (exact) mass is 272 g/mol. The summed E-state index contributed by atoms with van der Waals surface area (Å²) in [6, 6.07) is 12.1. The number of hydrogen-bond donors (Lipinski definition) is 0. The van der Waals surface area contributed by atoms with Crippen LogP contribution in [0.3, 0.4) is 0 Å². The maximum Gasteiger partial charge on any atom is 0.336 e. The van der Waals surface area contributed by atoms with Gasteiger partial charge in [0.15, 0.2) is 5.06 Å². The Morgan fingerprint density at radius 3 is 2.68 bits per heavy atom. The fourth-order valence-electron chi connectivity index (χ4n) is 1.89. The van der Waals surface area contributed by atoms with Gasteiger partial charge in [-0.3, -0.25) is 0 Å². The minimum atomic E-state index is -0.425. The number of ether oxygens (including phenoxy) is 1. The molecule has 98 valence electrons. The Kier molecular flexibility index (Phi) is 4.17. The van der Waals surface area contributed by atoms with Gasteiger partial charge < -0.3 is 4.74 Å². The number of benzene rings is 1. The second-order valence-corrected chi connectivity index (χ2v) is 5.53. The smallest absolute Gasteiger partial charge is 0.336 e. The van der Waals surface area contributed by atoms with Crippen molar-refractivity contribution in [3.8, 4) is 15.5 Å². The highest BCUT2D eigenvalue weighted by Crippen LogP contribution is 2.37. The maximum atomic E-state index is 11.2. The van der Waals surface area contributed by atoms with E-state index in [0.29, 0.717) is 11.0 Å². The number of rotatable bonds is 4. The Labute approximate surface area is 117 Å². The molecule has 0 aliphatic carbocycles. The van der Waals surface area contributed by atoms with Gasteiger partial charge in [-0.15, -0.1) is 0 Å². The molecule has 0 atom stereocenters. The molecule has 2 aromatic rings. The molecule has 0 fully saturated rings. The van der Waals surface area contributed by atoms with Gasteiger partial charge in [-0.05, 0) is 29.2 Å². The van der Waals surface area contributed by atoms with E-state index in [2.05, 4.69) is 32.6 Å². The SMILES string of the molecule is C=CC(=O)Oc1ccc(-c2ccccc2C(C)C)s1. The van der Waals surface area contributed by atoms with Crippen LogP contribution in [0.2, 0.25) is 0 Å². The molecule has 2 nitrogen and oxygen atoms in total. The molecule has 0 amide bonds. The van der Waals surface area contributed by atoms with E-state index in [1.54, 1.807) is 0 Å². The summed E-state index contributed by atoms with van der Waals surface area (Å²) < 4.78 is 5.13. The van der Waals surface area contributed by atoms with E-state index >= 15 is 0 Å². The van der Waals surface area contributed by atoms with Crippen LogP contribution in [0.4, 0.5) is 0 Å². The predicted molar refractivity (Wildman–Crippen MR) is 79.7 cm³/mol. The minimum Gasteiger partial charge on any atom is -0.412 e. The number of carbonyl (C=O) groups excluding carboxylic acids is 1.